The Kier molecular flexibility index (Phi) is 1.04. The second-order valence-corrected chi connectivity index (χ2v) is 2.63. The maximum absolute atomic E-state index is 3.87. The summed E-state index contributed by atoms with van der Waals surface area (Å²) in [5.74, 6) is 1.37. The van der Waals surface area contributed by atoms with Gasteiger partial charge in [0.15, 0.2) is 0 Å². The molecule has 0 radical (unpaired) electrons. The first kappa shape index (κ1) is 5.61. The van der Waals surface area contributed by atoms with E-state index in [1.54, 1.807) is 0 Å². The van der Waals surface area contributed by atoms with Gasteiger partial charge in [0.25, 0.3) is 0 Å². The molecule has 0 heteroatoms. The lowest BCUT2D eigenvalue weighted by Crippen LogP contribution is -2.25. The molecule has 1 aliphatic rings. The molecular formula is C8H12. The van der Waals surface area contributed by atoms with E-state index in [-0.39, 0.29) is 0 Å². The average molecular weight is 108 g/mol. The van der Waals surface area contributed by atoms with Crippen molar-refractivity contribution in [2.24, 2.45) is 11.8 Å². The van der Waals surface area contributed by atoms with Crippen LogP contribution in [0.2, 0.25) is 0 Å². The Labute approximate surface area is 50.9 Å². The first-order chi connectivity index (χ1) is 3.64. The van der Waals surface area contributed by atoms with Gasteiger partial charge in [-0.2, -0.15) is 0 Å². The van der Waals surface area contributed by atoms with Gasteiger partial charge in [0.1, 0.15) is 0 Å². The highest BCUT2D eigenvalue weighted by Gasteiger charge is 2.30. The van der Waals surface area contributed by atoms with Gasteiger partial charge in [-0.1, -0.05) is 27.0 Å². The molecule has 0 aromatic heterocycles. The second-order valence-electron chi connectivity index (χ2n) is 2.63. The van der Waals surface area contributed by atoms with E-state index in [4.69, 9.17) is 0 Å². The van der Waals surface area contributed by atoms with Crippen LogP contribution in [0.1, 0.15) is 13.8 Å². The number of allylic oxidation sites excluding steroid dienone is 2. The summed E-state index contributed by atoms with van der Waals surface area (Å²) in [6, 6.07) is 0. The van der Waals surface area contributed by atoms with E-state index in [1.807, 2.05) is 0 Å². The Morgan fingerprint density at radius 2 is 1.25 bits per heavy atom. The molecule has 8 heavy (non-hydrogen) atoms. The first-order valence-electron chi connectivity index (χ1n) is 3.02. The van der Waals surface area contributed by atoms with Gasteiger partial charge in [-0.25, -0.2) is 0 Å². The van der Waals surface area contributed by atoms with Gasteiger partial charge < -0.3 is 0 Å². The van der Waals surface area contributed by atoms with Crippen LogP contribution in [0, 0.1) is 11.8 Å². The molecule has 0 amide bonds. The van der Waals surface area contributed by atoms with Crippen LogP contribution in [0.4, 0.5) is 0 Å². The van der Waals surface area contributed by atoms with Crippen molar-refractivity contribution < 1.29 is 0 Å². The summed E-state index contributed by atoms with van der Waals surface area (Å²) in [5, 5.41) is 0. The van der Waals surface area contributed by atoms with E-state index < -0.39 is 0 Å². The predicted octanol–water partition coefficient (Wildman–Crippen LogP) is 2.38. The smallest absolute Gasteiger partial charge is 0.0128 e. The fourth-order valence-electron chi connectivity index (χ4n) is 1.09. The van der Waals surface area contributed by atoms with Crippen LogP contribution < -0.4 is 0 Å². The Hall–Kier alpha value is -0.520. The Morgan fingerprint density at radius 3 is 1.38 bits per heavy atom. The molecule has 44 valence electrons. The summed E-state index contributed by atoms with van der Waals surface area (Å²) in [7, 11) is 0. The third-order valence-corrected chi connectivity index (χ3v) is 2.26. The average Bonchev–Trinajstić information content (AvgIpc) is 1.83. The lowest BCUT2D eigenvalue weighted by molar-refractivity contribution is 0.431. The quantitative estimate of drug-likeness (QED) is 0.447. The molecule has 0 nitrogen and oxygen atoms in total. The first-order valence-corrected chi connectivity index (χ1v) is 3.02. The molecule has 0 saturated heterocycles. The van der Waals surface area contributed by atoms with Gasteiger partial charge in [0, 0.05) is 0 Å². The fraction of sp³-hybridized carbons (Fsp3) is 0.500. The van der Waals surface area contributed by atoms with Crippen molar-refractivity contribution in [2.45, 2.75) is 13.8 Å². The van der Waals surface area contributed by atoms with E-state index in [1.165, 1.54) is 11.1 Å². The zero-order valence-corrected chi connectivity index (χ0v) is 5.57. The molecule has 0 N–H and O–H groups in total. The van der Waals surface area contributed by atoms with Crippen LogP contribution in [0.25, 0.3) is 0 Å². The van der Waals surface area contributed by atoms with Gasteiger partial charge in [-0.3, -0.25) is 0 Å². The van der Waals surface area contributed by atoms with Gasteiger partial charge in [-0.15, -0.1) is 0 Å². The van der Waals surface area contributed by atoms with Gasteiger partial charge in [0.05, 0.1) is 0 Å². The summed E-state index contributed by atoms with van der Waals surface area (Å²) >= 11 is 0. The standard InChI is InChI=1S/C8H12/c1-5-6(2)8(4)7(5)3/h7-8H,1-2H2,3-4H3/t7-,8-/m1/s1. The van der Waals surface area contributed by atoms with Crippen LogP contribution in [0.15, 0.2) is 24.3 Å². The minimum absolute atomic E-state index is 0.683. The molecule has 2 atom stereocenters. The zero-order valence-electron chi connectivity index (χ0n) is 5.57. The van der Waals surface area contributed by atoms with Crippen LogP contribution in [0.5, 0.6) is 0 Å². The summed E-state index contributed by atoms with van der Waals surface area (Å²) < 4.78 is 0. The lowest BCUT2D eigenvalue weighted by Gasteiger charge is -2.36. The highest BCUT2D eigenvalue weighted by Crippen LogP contribution is 2.41. The van der Waals surface area contributed by atoms with Crippen LogP contribution in [0.3, 0.4) is 0 Å². The predicted molar refractivity (Wildman–Crippen MR) is 36.6 cm³/mol. The minimum atomic E-state index is 0.683. The molecule has 1 fully saturated rings. The topological polar surface area (TPSA) is 0 Å². The monoisotopic (exact) mass is 108 g/mol. The van der Waals surface area contributed by atoms with Crippen molar-refractivity contribution in [3.63, 3.8) is 0 Å². The van der Waals surface area contributed by atoms with E-state index >= 15 is 0 Å². The number of hydrogen-bond donors (Lipinski definition) is 0. The van der Waals surface area contributed by atoms with E-state index in [2.05, 4.69) is 27.0 Å². The summed E-state index contributed by atoms with van der Waals surface area (Å²) in [6.07, 6.45) is 0. The molecule has 0 aromatic rings. The molecule has 0 aliphatic heterocycles. The molecule has 1 rings (SSSR count). The Morgan fingerprint density at radius 1 is 1.00 bits per heavy atom. The van der Waals surface area contributed by atoms with Crippen molar-refractivity contribution in [1.29, 1.82) is 0 Å². The van der Waals surface area contributed by atoms with Crippen molar-refractivity contribution in [3.8, 4) is 0 Å². The molecule has 0 unspecified atom stereocenters. The van der Waals surface area contributed by atoms with Crippen LogP contribution in [-0.4, -0.2) is 0 Å². The van der Waals surface area contributed by atoms with E-state index in [9.17, 15) is 0 Å². The number of rotatable bonds is 0. The SMILES string of the molecule is C=C1C(=C)[C@@H](C)[C@@H]1C. The van der Waals surface area contributed by atoms with Crippen molar-refractivity contribution in [2.75, 3.05) is 0 Å². The Balaban J connectivity index is 2.68. The molecule has 1 saturated carbocycles. The molecule has 0 bridgehead atoms. The molecular weight excluding hydrogens is 96.1 g/mol. The number of hydrogen-bond acceptors (Lipinski definition) is 0. The molecule has 0 aromatic carbocycles. The normalized spacial score (nSPS) is 37.2. The van der Waals surface area contributed by atoms with Crippen molar-refractivity contribution in [3.05, 3.63) is 24.3 Å². The van der Waals surface area contributed by atoms with Crippen molar-refractivity contribution in [1.82, 2.24) is 0 Å². The fourth-order valence-corrected chi connectivity index (χ4v) is 1.09. The maximum atomic E-state index is 3.87. The van der Waals surface area contributed by atoms with E-state index in [0.29, 0.717) is 11.8 Å². The molecule has 1 aliphatic carbocycles. The maximum Gasteiger partial charge on any atom is -0.0128 e. The van der Waals surface area contributed by atoms with Crippen molar-refractivity contribution >= 4 is 0 Å². The summed E-state index contributed by atoms with van der Waals surface area (Å²) in [6.45, 7) is 12.1. The lowest BCUT2D eigenvalue weighted by atomic mass is 9.68. The minimum Gasteiger partial charge on any atom is -0.0953 e. The molecule has 0 spiro atoms. The highest BCUT2D eigenvalue weighted by atomic mass is 14.3. The largest absolute Gasteiger partial charge is 0.0953 e. The second kappa shape index (κ2) is 1.48. The van der Waals surface area contributed by atoms with Crippen LogP contribution >= 0.6 is 0 Å². The summed E-state index contributed by atoms with van der Waals surface area (Å²) in [4.78, 5) is 0. The highest BCUT2D eigenvalue weighted by molar-refractivity contribution is 5.40. The Bertz CT molecular complexity index is 124. The van der Waals surface area contributed by atoms with Gasteiger partial charge in [0.2, 0.25) is 0 Å². The van der Waals surface area contributed by atoms with Gasteiger partial charge in [-0.05, 0) is 23.0 Å². The third-order valence-electron chi connectivity index (χ3n) is 2.26. The zero-order chi connectivity index (χ0) is 6.31. The summed E-state index contributed by atoms with van der Waals surface area (Å²) in [5.41, 5.74) is 2.50. The molecule has 0 heterocycles. The van der Waals surface area contributed by atoms with Crippen LogP contribution in [-0.2, 0) is 0 Å². The van der Waals surface area contributed by atoms with Gasteiger partial charge >= 0.3 is 0 Å². The third kappa shape index (κ3) is 0.459. The van der Waals surface area contributed by atoms with E-state index in [0.717, 1.165) is 0 Å².